The molecule has 0 N–H and O–H groups in total. The average Bonchev–Trinajstić information content (AvgIpc) is 3.08. The van der Waals surface area contributed by atoms with Crippen LogP contribution >= 0.6 is 11.6 Å². The molecule has 4 rings (SSSR count). The maximum absolute atomic E-state index is 13.4. The lowest BCUT2D eigenvalue weighted by atomic mass is 9.82. The van der Waals surface area contributed by atoms with Crippen LogP contribution in [0, 0.1) is 6.92 Å². The molecule has 1 saturated carbocycles. The number of alkyl halides is 1. The second-order valence-electron chi connectivity index (χ2n) is 8.63. The highest BCUT2D eigenvalue weighted by atomic mass is 35.5. The first-order valence-corrected chi connectivity index (χ1v) is 11.1. The molecule has 1 aliphatic carbocycles. The van der Waals surface area contributed by atoms with Crippen LogP contribution in [0.4, 0.5) is 4.39 Å². The third-order valence-corrected chi connectivity index (χ3v) is 6.93. The summed E-state index contributed by atoms with van der Waals surface area (Å²) in [5.41, 5.74) is 3.69. The minimum atomic E-state index is -0.410. The van der Waals surface area contributed by atoms with E-state index in [-0.39, 0.29) is 12.1 Å². The van der Waals surface area contributed by atoms with Crippen molar-refractivity contribution in [1.29, 1.82) is 0 Å². The Morgan fingerprint density at radius 2 is 1.90 bits per heavy atom. The summed E-state index contributed by atoms with van der Waals surface area (Å²) in [5, 5.41) is 5.45. The fraction of sp³-hybridized carbons (Fsp3) is 0.609. The van der Waals surface area contributed by atoms with E-state index in [0.717, 1.165) is 37.1 Å². The maximum atomic E-state index is 13.4. The van der Waals surface area contributed by atoms with E-state index in [9.17, 15) is 4.39 Å². The summed E-state index contributed by atoms with van der Waals surface area (Å²) in [6.45, 7) is 2.98. The molecular weight excluding hydrogens is 389 g/mol. The normalized spacial score (nSPS) is 28.6. The Morgan fingerprint density at radius 1 is 1.17 bits per heavy atom. The molecule has 1 aliphatic heterocycles. The monoisotopic (exact) mass is 419 g/mol. The third-order valence-electron chi connectivity index (χ3n) is 6.68. The number of nitrogens with zero attached hydrogens (tertiary/aromatic N) is 3. The molecule has 2 aliphatic rings. The van der Waals surface area contributed by atoms with Crippen molar-refractivity contribution in [3.8, 4) is 0 Å². The summed E-state index contributed by atoms with van der Waals surface area (Å²) in [4.78, 5) is 2.53. The standard InChI is InChI=1S/C23H31ClFN3O/c1-16-11-23(26-27(16)2)18-5-9-20(10-6-18)28-14-22(13-25)29-15-21(28)12-17-3-7-19(24)8-4-17/h3-4,7-8,11,18,20-22H,5-6,9-10,12-15H2,1-2H3. The van der Waals surface area contributed by atoms with Gasteiger partial charge < -0.3 is 4.74 Å². The van der Waals surface area contributed by atoms with Gasteiger partial charge in [0.2, 0.25) is 0 Å². The quantitative estimate of drug-likeness (QED) is 0.704. The van der Waals surface area contributed by atoms with Crippen LogP contribution in [-0.4, -0.2) is 52.7 Å². The van der Waals surface area contributed by atoms with E-state index in [1.165, 1.54) is 17.0 Å². The fourth-order valence-corrected chi connectivity index (χ4v) is 5.01. The summed E-state index contributed by atoms with van der Waals surface area (Å²) in [6, 6.07) is 11.1. The predicted molar refractivity (Wildman–Crippen MR) is 114 cm³/mol. The van der Waals surface area contributed by atoms with E-state index in [1.807, 2.05) is 23.9 Å². The number of halogens is 2. The predicted octanol–water partition coefficient (Wildman–Crippen LogP) is 4.69. The van der Waals surface area contributed by atoms with Crippen molar-refractivity contribution in [1.82, 2.24) is 14.7 Å². The zero-order valence-corrected chi connectivity index (χ0v) is 18.1. The molecule has 2 heterocycles. The van der Waals surface area contributed by atoms with Crippen LogP contribution in [0.3, 0.4) is 0 Å². The molecule has 0 spiro atoms. The van der Waals surface area contributed by atoms with Gasteiger partial charge in [-0.1, -0.05) is 23.7 Å². The van der Waals surface area contributed by atoms with Crippen molar-refractivity contribution >= 4 is 11.6 Å². The highest BCUT2D eigenvalue weighted by Crippen LogP contribution is 2.36. The van der Waals surface area contributed by atoms with Gasteiger partial charge in [-0.25, -0.2) is 4.39 Å². The van der Waals surface area contributed by atoms with Crippen LogP contribution in [0.1, 0.15) is 48.6 Å². The molecular formula is C23H31ClFN3O. The summed E-state index contributed by atoms with van der Waals surface area (Å²) >= 11 is 6.03. The van der Waals surface area contributed by atoms with E-state index in [1.54, 1.807) is 0 Å². The summed E-state index contributed by atoms with van der Waals surface area (Å²) in [6.07, 6.45) is 5.17. The SMILES string of the molecule is Cc1cc(C2CCC(N3CC(CF)OCC3Cc3ccc(Cl)cc3)CC2)nn1C. The molecule has 1 saturated heterocycles. The van der Waals surface area contributed by atoms with Crippen LogP contribution in [0.2, 0.25) is 5.02 Å². The number of benzene rings is 1. The van der Waals surface area contributed by atoms with Crippen molar-refractivity contribution in [2.45, 2.75) is 63.1 Å². The zero-order valence-electron chi connectivity index (χ0n) is 17.4. The first-order valence-electron chi connectivity index (χ1n) is 10.7. The lowest BCUT2D eigenvalue weighted by molar-refractivity contribution is -0.0906. The van der Waals surface area contributed by atoms with Gasteiger partial charge in [-0.2, -0.15) is 5.10 Å². The molecule has 0 amide bonds. The Labute approximate surface area is 178 Å². The molecule has 0 radical (unpaired) electrons. The Morgan fingerprint density at radius 3 is 2.52 bits per heavy atom. The van der Waals surface area contributed by atoms with Gasteiger partial charge >= 0.3 is 0 Å². The molecule has 0 bridgehead atoms. The van der Waals surface area contributed by atoms with Gasteiger partial charge in [-0.3, -0.25) is 9.58 Å². The van der Waals surface area contributed by atoms with Gasteiger partial charge in [-0.15, -0.1) is 0 Å². The van der Waals surface area contributed by atoms with Crippen molar-refractivity contribution < 1.29 is 9.13 Å². The Bertz CT molecular complexity index is 781. The number of morpholine rings is 1. The zero-order chi connectivity index (χ0) is 20.4. The van der Waals surface area contributed by atoms with Crippen LogP contribution in [0.5, 0.6) is 0 Å². The maximum Gasteiger partial charge on any atom is 0.117 e. The van der Waals surface area contributed by atoms with Crippen molar-refractivity contribution in [3.63, 3.8) is 0 Å². The minimum absolute atomic E-state index is 0.289. The largest absolute Gasteiger partial charge is 0.373 e. The molecule has 2 fully saturated rings. The molecule has 158 valence electrons. The smallest absolute Gasteiger partial charge is 0.117 e. The number of hydrogen-bond acceptors (Lipinski definition) is 3. The highest BCUT2D eigenvalue weighted by molar-refractivity contribution is 6.30. The van der Waals surface area contributed by atoms with Gasteiger partial charge in [0.05, 0.1) is 18.4 Å². The molecule has 6 heteroatoms. The lowest BCUT2D eigenvalue weighted by Crippen LogP contribution is -2.56. The van der Waals surface area contributed by atoms with Gasteiger partial charge in [-0.05, 0) is 62.8 Å². The Balaban J connectivity index is 1.42. The molecule has 4 nitrogen and oxygen atoms in total. The fourth-order valence-electron chi connectivity index (χ4n) is 4.88. The second-order valence-corrected chi connectivity index (χ2v) is 9.07. The minimum Gasteiger partial charge on any atom is -0.373 e. The van der Waals surface area contributed by atoms with Gasteiger partial charge in [0.1, 0.15) is 6.67 Å². The van der Waals surface area contributed by atoms with Crippen LogP contribution in [0.15, 0.2) is 30.3 Å². The number of aryl methyl sites for hydroxylation is 2. The number of ether oxygens (including phenoxy) is 1. The number of hydrogen-bond donors (Lipinski definition) is 0. The van der Waals surface area contributed by atoms with Gasteiger partial charge in [0.15, 0.2) is 0 Å². The lowest BCUT2D eigenvalue weighted by Gasteiger charge is -2.45. The van der Waals surface area contributed by atoms with Crippen LogP contribution < -0.4 is 0 Å². The van der Waals surface area contributed by atoms with E-state index in [4.69, 9.17) is 21.4 Å². The molecule has 29 heavy (non-hydrogen) atoms. The van der Waals surface area contributed by atoms with Crippen molar-refractivity contribution in [2.75, 3.05) is 19.8 Å². The van der Waals surface area contributed by atoms with E-state index in [0.29, 0.717) is 25.1 Å². The number of aromatic nitrogens is 2. The topological polar surface area (TPSA) is 30.3 Å². The highest BCUT2D eigenvalue weighted by Gasteiger charge is 2.36. The first-order chi connectivity index (χ1) is 14.0. The first kappa shape index (κ1) is 20.8. The van der Waals surface area contributed by atoms with E-state index >= 15 is 0 Å². The van der Waals surface area contributed by atoms with Gasteiger partial charge in [0.25, 0.3) is 0 Å². The van der Waals surface area contributed by atoms with E-state index in [2.05, 4.69) is 30.0 Å². The molecule has 1 aromatic heterocycles. The number of rotatable bonds is 5. The molecule has 2 unspecified atom stereocenters. The Hall–Kier alpha value is -1.43. The van der Waals surface area contributed by atoms with Crippen molar-refractivity contribution in [3.05, 3.63) is 52.3 Å². The summed E-state index contributed by atoms with van der Waals surface area (Å²) < 4.78 is 21.1. The van der Waals surface area contributed by atoms with Crippen LogP contribution in [-0.2, 0) is 18.2 Å². The van der Waals surface area contributed by atoms with Crippen LogP contribution in [0.25, 0.3) is 0 Å². The van der Waals surface area contributed by atoms with E-state index < -0.39 is 6.67 Å². The second kappa shape index (κ2) is 9.15. The molecule has 1 aromatic carbocycles. The Kier molecular flexibility index (Phi) is 6.57. The summed E-state index contributed by atoms with van der Waals surface area (Å²) in [5.74, 6) is 0.541. The average molecular weight is 420 g/mol. The van der Waals surface area contributed by atoms with Crippen molar-refractivity contribution in [2.24, 2.45) is 7.05 Å². The van der Waals surface area contributed by atoms with Gasteiger partial charge in [0, 0.05) is 42.3 Å². The molecule has 2 aromatic rings. The third kappa shape index (κ3) is 4.84. The molecule has 2 atom stereocenters. The summed E-state index contributed by atoms with van der Waals surface area (Å²) in [7, 11) is 2.01.